The predicted molar refractivity (Wildman–Crippen MR) is 80.5 cm³/mol. The predicted octanol–water partition coefficient (Wildman–Crippen LogP) is 0.899. The molecule has 6 nitrogen and oxygen atoms in total. The fraction of sp³-hybridized carbons (Fsp3) is 0.765. The summed E-state index contributed by atoms with van der Waals surface area (Å²) in [6.45, 7) is 5.50. The van der Waals surface area contributed by atoms with Gasteiger partial charge >= 0.3 is 5.97 Å². The molecule has 2 bridgehead atoms. The van der Waals surface area contributed by atoms with Crippen molar-refractivity contribution in [2.45, 2.75) is 50.6 Å². The van der Waals surface area contributed by atoms with E-state index in [9.17, 15) is 9.59 Å². The number of hydrogen-bond donors (Lipinski definition) is 0. The molecule has 126 valence electrons. The molecule has 0 aromatic carbocycles. The van der Waals surface area contributed by atoms with E-state index in [1.165, 1.54) is 0 Å². The molecule has 3 saturated heterocycles. The third kappa shape index (κ3) is 2.31. The summed E-state index contributed by atoms with van der Waals surface area (Å²) in [4.78, 5) is 27.2. The fourth-order valence-electron chi connectivity index (χ4n) is 4.35. The molecule has 23 heavy (non-hydrogen) atoms. The topological polar surface area (TPSA) is 65.1 Å². The van der Waals surface area contributed by atoms with Crippen molar-refractivity contribution >= 4 is 11.9 Å². The average molecular weight is 321 g/mol. The second-order valence-electron chi connectivity index (χ2n) is 7.24. The Kier molecular flexibility index (Phi) is 3.50. The molecule has 0 saturated carbocycles. The first-order valence-electron chi connectivity index (χ1n) is 8.48. The number of hydrogen-bond acceptors (Lipinski definition) is 5. The van der Waals surface area contributed by atoms with Crippen LogP contribution in [-0.2, 0) is 23.8 Å². The van der Waals surface area contributed by atoms with E-state index in [4.69, 9.17) is 14.2 Å². The molecule has 4 aliphatic heterocycles. The number of carbonyl (C=O) groups excluding carboxylic acids is 2. The standard InChI is InChI=1S/C17H23NO5/c1-10(2)22-16(20)13-12-5-6-17(23-12)9-18(15(19)14(13)17)8-11-4-3-7-21-11/h5-6,10-14H,3-4,7-9H2,1-2H3/t11-,12+,13-,14-,17+/m1/s1. The van der Waals surface area contributed by atoms with Gasteiger partial charge in [0.15, 0.2) is 0 Å². The molecular formula is C17H23NO5. The van der Waals surface area contributed by atoms with Crippen LogP contribution in [-0.4, -0.2) is 60.4 Å². The van der Waals surface area contributed by atoms with Crippen LogP contribution in [0.5, 0.6) is 0 Å². The molecular weight excluding hydrogens is 298 g/mol. The van der Waals surface area contributed by atoms with Gasteiger partial charge in [-0.05, 0) is 26.7 Å². The molecule has 0 unspecified atom stereocenters. The van der Waals surface area contributed by atoms with E-state index in [1.54, 1.807) is 0 Å². The summed E-state index contributed by atoms with van der Waals surface area (Å²) in [5, 5.41) is 0. The fourth-order valence-corrected chi connectivity index (χ4v) is 4.35. The van der Waals surface area contributed by atoms with E-state index >= 15 is 0 Å². The zero-order chi connectivity index (χ0) is 16.2. The number of fused-ring (bicyclic) bond motifs is 1. The van der Waals surface area contributed by atoms with E-state index in [1.807, 2.05) is 30.9 Å². The highest BCUT2D eigenvalue weighted by Crippen LogP contribution is 2.52. The summed E-state index contributed by atoms with van der Waals surface area (Å²) in [7, 11) is 0. The SMILES string of the molecule is CC(C)OC(=O)[C@@H]1[C@@H]2C=C[C@@]3(CN(C[C@H]4CCCO4)C(=O)[C@@H]13)O2. The summed E-state index contributed by atoms with van der Waals surface area (Å²) in [5.41, 5.74) is -0.652. The number of nitrogens with zero attached hydrogens (tertiary/aromatic N) is 1. The van der Waals surface area contributed by atoms with Crippen molar-refractivity contribution in [3.63, 3.8) is 0 Å². The molecule has 0 aromatic heterocycles. The maximum Gasteiger partial charge on any atom is 0.313 e. The van der Waals surface area contributed by atoms with Crippen LogP contribution in [0.3, 0.4) is 0 Å². The van der Waals surface area contributed by atoms with Crippen molar-refractivity contribution in [2.75, 3.05) is 19.7 Å². The van der Waals surface area contributed by atoms with Crippen LogP contribution in [0.15, 0.2) is 12.2 Å². The van der Waals surface area contributed by atoms with Crippen LogP contribution in [0.2, 0.25) is 0 Å². The van der Waals surface area contributed by atoms with E-state index in [0.717, 1.165) is 19.4 Å². The van der Waals surface area contributed by atoms with Crippen molar-refractivity contribution in [1.82, 2.24) is 4.90 Å². The summed E-state index contributed by atoms with van der Waals surface area (Å²) >= 11 is 0. The molecule has 0 aliphatic carbocycles. The van der Waals surface area contributed by atoms with E-state index in [2.05, 4.69) is 0 Å². The van der Waals surface area contributed by atoms with Gasteiger partial charge < -0.3 is 19.1 Å². The van der Waals surface area contributed by atoms with Gasteiger partial charge in [0.05, 0.1) is 30.8 Å². The molecule has 0 aromatic rings. The van der Waals surface area contributed by atoms with Gasteiger partial charge in [0, 0.05) is 13.2 Å². The number of rotatable bonds is 4. The Morgan fingerprint density at radius 1 is 1.52 bits per heavy atom. The molecule has 4 rings (SSSR count). The molecule has 1 amide bonds. The number of esters is 1. The molecule has 6 heteroatoms. The maximum absolute atomic E-state index is 12.9. The molecule has 0 N–H and O–H groups in total. The highest BCUT2D eigenvalue weighted by molar-refractivity contribution is 5.91. The highest BCUT2D eigenvalue weighted by Gasteiger charge is 2.67. The van der Waals surface area contributed by atoms with Gasteiger partial charge in [-0.15, -0.1) is 0 Å². The first-order valence-corrected chi connectivity index (χ1v) is 8.48. The average Bonchev–Trinajstić information content (AvgIpc) is 3.21. The van der Waals surface area contributed by atoms with Crippen LogP contribution in [0.25, 0.3) is 0 Å². The summed E-state index contributed by atoms with van der Waals surface area (Å²) in [6, 6.07) is 0. The number of carbonyl (C=O) groups is 2. The van der Waals surface area contributed by atoms with Crippen molar-refractivity contribution < 1.29 is 23.8 Å². The summed E-state index contributed by atoms with van der Waals surface area (Å²) < 4.78 is 17.1. The Morgan fingerprint density at radius 2 is 2.35 bits per heavy atom. The minimum absolute atomic E-state index is 0.00180. The lowest BCUT2D eigenvalue weighted by Crippen LogP contribution is -2.41. The van der Waals surface area contributed by atoms with Gasteiger partial charge in [-0.1, -0.05) is 12.2 Å². The Labute approximate surface area is 135 Å². The second kappa shape index (κ2) is 5.31. The third-order valence-electron chi connectivity index (χ3n) is 5.25. The van der Waals surface area contributed by atoms with Gasteiger partial charge in [0.25, 0.3) is 0 Å². The Morgan fingerprint density at radius 3 is 3.04 bits per heavy atom. The summed E-state index contributed by atoms with van der Waals surface area (Å²) in [6.07, 6.45) is 5.49. The van der Waals surface area contributed by atoms with Gasteiger partial charge in [0.1, 0.15) is 11.5 Å². The lowest BCUT2D eigenvalue weighted by Gasteiger charge is -2.24. The third-order valence-corrected chi connectivity index (χ3v) is 5.25. The lowest BCUT2D eigenvalue weighted by atomic mass is 9.77. The molecule has 4 heterocycles. The zero-order valence-corrected chi connectivity index (χ0v) is 13.6. The van der Waals surface area contributed by atoms with Crippen molar-refractivity contribution in [2.24, 2.45) is 11.8 Å². The Hall–Kier alpha value is -1.40. The Bertz CT molecular complexity index is 553. The van der Waals surface area contributed by atoms with E-state index < -0.39 is 17.4 Å². The van der Waals surface area contributed by atoms with Gasteiger partial charge in [0.2, 0.25) is 5.91 Å². The highest BCUT2D eigenvalue weighted by atomic mass is 16.6. The lowest BCUT2D eigenvalue weighted by molar-refractivity contribution is -0.157. The van der Waals surface area contributed by atoms with Crippen molar-refractivity contribution in [3.05, 3.63) is 12.2 Å². The minimum atomic E-state index is -0.652. The quantitative estimate of drug-likeness (QED) is 0.568. The normalized spacial score (nSPS) is 41.2. The number of likely N-dealkylation sites (tertiary alicyclic amines) is 1. The smallest absolute Gasteiger partial charge is 0.313 e. The second-order valence-corrected chi connectivity index (χ2v) is 7.24. The van der Waals surface area contributed by atoms with E-state index in [0.29, 0.717) is 13.1 Å². The molecule has 5 atom stereocenters. The van der Waals surface area contributed by atoms with Gasteiger partial charge in [-0.2, -0.15) is 0 Å². The molecule has 1 spiro atoms. The monoisotopic (exact) mass is 321 g/mol. The first kappa shape index (κ1) is 15.1. The van der Waals surface area contributed by atoms with Crippen LogP contribution in [0.1, 0.15) is 26.7 Å². The number of amides is 1. The van der Waals surface area contributed by atoms with Crippen LogP contribution in [0, 0.1) is 11.8 Å². The van der Waals surface area contributed by atoms with Gasteiger partial charge in [-0.25, -0.2) is 0 Å². The molecule has 3 fully saturated rings. The van der Waals surface area contributed by atoms with Crippen molar-refractivity contribution in [3.8, 4) is 0 Å². The largest absolute Gasteiger partial charge is 0.463 e. The van der Waals surface area contributed by atoms with Crippen LogP contribution < -0.4 is 0 Å². The summed E-state index contributed by atoms with van der Waals surface area (Å²) in [5.74, 6) is -1.30. The Balaban J connectivity index is 1.54. The van der Waals surface area contributed by atoms with Crippen LogP contribution in [0.4, 0.5) is 0 Å². The first-order chi connectivity index (χ1) is 11.0. The van der Waals surface area contributed by atoms with Crippen molar-refractivity contribution in [1.29, 1.82) is 0 Å². The van der Waals surface area contributed by atoms with Crippen LogP contribution >= 0.6 is 0 Å². The van der Waals surface area contributed by atoms with E-state index in [-0.39, 0.29) is 30.2 Å². The minimum Gasteiger partial charge on any atom is -0.463 e. The molecule has 0 radical (unpaired) electrons. The number of ether oxygens (including phenoxy) is 3. The maximum atomic E-state index is 12.9. The zero-order valence-electron chi connectivity index (χ0n) is 13.6. The molecule has 4 aliphatic rings. The van der Waals surface area contributed by atoms with Gasteiger partial charge in [-0.3, -0.25) is 9.59 Å².